The minimum absolute atomic E-state index is 0.0812. The molecule has 0 unspecified atom stereocenters. The highest BCUT2D eigenvalue weighted by atomic mass is 32.2. The predicted octanol–water partition coefficient (Wildman–Crippen LogP) is 0.804. The molecule has 7 heteroatoms. The van der Waals surface area contributed by atoms with Crippen molar-refractivity contribution in [1.82, 2.24) is 10.5 Å². The number of sulfonamides is 1. The molecule has 6 nitrogen and oxygen atoms in total. The molecule has 0 aliphatic heterocycles. The van der Waals surface area contributed by atoms with Crippen LogP contribution in [0.5, 0.6) is 0 Å². The summed E-state index contributed by atoms with van der Waals surface area (Å²) in [5, 5.41) is 6.57. The molecular weight excluding hydrogens is 230 g/mol. The second-order valence-corrected chi connectivity index (χ2v) is 5.64. The van der Waals surface area contributed by atoms with E-state index < -0.39 is 10.0 Å². The SMILES string of the molecule is CC(C)NCCCS(=O)(=O)Nc1cnoc1. The number of nitrogens with zero attached hydrogens (tertiary/aromatic N) is 1. The fraction of sp³-hybridized carbons (Fsp3) is 0.667. The van der Waals surface area contributed by atoms with Gasteiger partial charge in [-0.05, 0) is 13.0 Å². The van der Waals surface area contributed by atoms with Crippen LogP contribution >= 0.6 is 0 Å². The van der Waals surface area contributed by atoms with Crippen LogP contribution in [0.2, 0.25) is 0 Å². The van der Waals surface area contributed by atoms with Crippen molar-refractivity contribution in [2.75, 3.05) is 17.0 Å². The van der Waals surface area contributed by atoms with Crippen molar-refractivity contribution >= 4 is 15.7 Å². The fourth-order valence-corrected chi connectivity index (χ4v) is 2.23. The van der Waals surface area contributed by atoms with Crippen molar-refractivity contribution in [3.63, 3.8) is 0 Å². The van der Waals surface area contributed by atoms with E-state index in [-0.39, 0.29) is 5.75 Å². The van der Waals surface area contributed by atoms with Crippen LogP contribution < -0.4 is 10.0 Å². The minimum Gasteiger partial charge on any atom is -0.362 e. The topological polar surface area (TPSA) is 84.2 Å². The molecule has 0 spiro atoms. The Morgan fingerprint density at radius 2 is 2.25 bits per heavy atom. The highest BCUT2D eigenvalue weighted by molar-refractivity contribution is 7.92. The highest BCUT2D eigenvalue weighted by Crippen LogP contribution is 2.07. The molecule has 0 bridgehead atoms. The second kappa shape index (κ2) is 5.86. The van der Waals surface area contributed by atoms with Crippen LogP contribution in [0, 0.1) is 0 Å². The first-order chi connectivity index (χ1) is 7.49. The molecular formula is C9H17N3O3S. The first-order valence-electron chi connectivity index (χ1n) is 5.13. The number of hydrogen-bond acceptors (Lipinski definition) is 5. The molecule has 0 aliphatic carbocycles. The molecule has 1 rings (SSSR count). The maximum Gasteiger partial charge on any atom is 0.232 e. The van der Waals surface area contributed by atoms with Crippen LogP contribution in [-0.2, 0) is 10.0 Å². The van der Waals surface area contributed by atoms with E-state index >= 15 is 0 Å². The van der Waals surface area contributed by atoms with Gasteiger partial charge in [-0.2, -0.15) is 0 Å². The lowest BCUT2D eigenvalue weighted by molar-refractivity contribution is 0.420. The lowest BCUT2D eigenvalue weighted by Crippen LogP contribution is -2.26. The van der Waals surface area contributed by atoms with Crippen LogP contribution in [-0.4, -0.2) is 31.9 Å². The van der Waals surface area contributed by atoms with Crippen molar-refractivity contribution in [2.24, 2.45) is 0 Å². The first-order valence-corrected chi connectivity index (χ1v) is 6.78. The summed E-state index contributed by atoms with van der Waals surface area (Å²) in [6.45, 7) is 4.72. The summed E-state index contributed by atoms with van der Waals surface area (Å²) in [5.74, 6) is 0.0812. The van der Waals surface area contributed by atoms with Gasteiger partial charge in [0.1, 0.15) is 12.0 Å². The van der Waals surface area contributed by atoms with E-state index in [1.54, 1.807) is 0 Å². The van der Waals surface area contributed by atoms with Crippen LogP contribution in [0.4, 0.5) is 5.69 Å². The molecule has 16 heavy (non-hydrogen) atoms. The van der Waals surface area contributed by atoms with Gasteiger partial charge in [-0.3, -0.25) is 4.72 Å². The Labute approximate surface area is 95.4 Å². The van der Waals surface area contributed by atoms with Gasteiger partial charge in [0.25, 0.3) is 0 Å². The maximum absolute atomic E-state index is 11.5. The summed E-state index contributed by atoms with van der Waals surface area (Å²) < 4.78 is 30.0. The van der Waals surface area contributed by atoms with E-state index in [1.807, 2.05) is 13.8 Å². The molecule has 1 aromatic heterocycles. The Hall–Kier alpha value is -1.08. The predicted molar refractivity (Wildman–Crippen MR) is 61.7 cm³/mol. The standard InChI is InChI=1S/C9H17N3O3S/c1-8(2)10-4-3-5-16(13,14)12-9-6-11-15-7-9/h6-8,10,12H,3-5H2,1-2H3. The van der Waals surface area contributed by atoms with E-state index in [2.05, 4.69) is 19.7 Å². The van der Waals surface area contributed by atoms with Crippen molar-refractivity contribution in [2.45, 2.75) is 26.3 Å². The lowest BCUT2D eigenvalue weighted by Gasteiger charge is -2.08. The molecule has 1 heterocycles. The molecule has 1 aromatic rings. The third-order valence-corrected chi connectivity index (χ3v) is 3.22. The molecule has 0 amide bonds. The van der Waals surface area contributed by atoms with E-state index in [4.69, 9.17) is 0 Å². The third-order valence-electron chi connectivity index (χ3n) is 1.85. The molecule has 2 N–H and O–H groups in total. The average molecular weight is 247 g/mol. The molecule has 0 radical (unpaired) electrons. The van der Waals surface area contributed by atoms with Gasteiger partial charge >= 0.3 is 0 Å². The summed E-state index contributed by atoms with van der Waals surface area (Å²) in [4.78, 5) is 0. The number of aromatic nitrogens is 1. The van der Waals surface area contributed by atoms with Gasteiger partial charge in [0, 0.05) is 6.04 Å². The summed E-state index contributed by atoms with van der Waals surface area (Å²) in [6.07, 6.45) is 3.15. The molecule has 0 atom stereocenters. The fourth-order valence-electron chi connectivity index (χ4n) is 1.14. The van der Waals surface area contributed by atoms with Crippen molar-refractivity contribution in [3.05, 3.63) is 12.5 Å². The van der Waals surface area contributed by atoms with E-state index in [9.17, 15) is 8.42 Å². The second-order valence-electron chi connectivity index (χ2n) is 3.80. The van der Waals surface area contributed by atoms with Crippen LogP contribution in [0.15, 0.2) is 17.0 Å². The van der Waals surface area contributed by atoms with Gasteiger partial charge in [0.15, 0.2) is 0 Å². The van der Waals surface area contributed by atoms with Gasteiger partial charge in [0.2, 0.25) is 10.0 Å². The molecule has 0 saturated carbocycles. The molecule has 0 fully saturated rings. The van der Waals surface area contributed by atoms with Gasteiger partial charge in [0.05, 0.1) is 11.9 Å². The van der Waals surface area contributed by atoms with E-state index in [1.165, 1.54) is 12.5 Å². The van der Waals surface area contributed by atoms with Crippen molar-refractivity contribution in [1.29, 1.82) is 0 Å². The number of nitrogens with one attached hydrogen (secondary N) is 2. The Morgan fingerprint density at radius 3 is 2.81 bits per heavy atom. The van der Waals surface area contributed by atoms with E-state index in [0.29, 0.717) is 24.7 Å². The summed E-state index contributed by atoms with van der Waals surface area (Å²) >= 11 is 0. The Kier molecular flexibility index (Phi) is 4.75. The quantitative estimate of drug-likeness (QED) is 0.696. The van der Waals surface area contributed by atoms with Gasteiger partial charge < -0.3 is 9.84 Å². The minimum atomic E-state index is -3.29. The van der Waals surface area contributed by atoms with Gasteiger partial charge in [-0.15, -0.1) is 0 Å². The smallest absolute Gasteiger partial charge is 0.232 e. The Morgan fingerprint density at radius 1 is 1.50 bits per heavy atom. The van der Waals surface area contributed by atoms with Gasteiger partial charge in [-0.1, -0.05) is 19.0 Å². The van der Waals surface area contributed by atoms with Crippen LogP contribution in [0.25, 0.3) is 0 Å². The average Bonchev–Trinajstić information content (AvgIpc) is 2.64. The summed E-state index contributed by atoms with van der Waals surface area (Å²) in [7, 11) is -3.29. The summed E-state index contributed by atoms with van der Waals surface area (Å²) in [5.41, 5.74) is 0.358. The monoisotopic (exact) mass is 247 g/mol. The van der Waals surface area contributed by atoms with Crippen LogP contribution in [0.1, 0.15) is 20.3 Å². The lowest BCUT2D eigenvalue weighted by atomic mass is 10.4. The molecule has 92 valence electrons. The van der Waals surface area contributed by atoms with E-state index in [0.717, 1.165) is 0 Å². The molecule has 0 saturated heterocycles. The Balaban J connectivity index is 2.30. The summed E-state index contributed by atoms with van der Waals surface area (Å²) in [6, 6.07) is 0.369. The zero-order valence-corrected chi connectivity index (χ0v) is 10.3. The number of rotatable bonds is 7. The zero-order chi connectivity index (χ0) is 12.0. The normalized spacial score (nSPS) is 11.9. The van der Waals surface area contributed by atoms with Crippen molar-refractivity contribution < 1.29 is 12.9 Å². The number of hydrogen-bond donors (Lipinski definition) is 2. The van der Waals surface area contributed by atoms with Crippen LogP contribution in [0.3, 0.4) is 0 Å². The zero-order valence-electron chi connectivity index (χ0n) is 9.43. The number of anilines is 1. The largest absolute Gasteiger partial charge is 0.362 e. The van der Waals surface area contributed by atoms with Gasteiger partial charge in [-0.25, -0.2) is 8.42 Å². The third kappa shape index (κ3) is 5.13. The first kappa shape index (κ1) is 13.0. The maximum atomic E-state index is 11.5. The molecule has 0 aromatic carbocycles. The van der Waals surface area contributed by atoms with Crippen molar-refractivity contribution in [3.8, 4) is 0 Å². The molecule has 0 aliphatic rings. The Bertz CT molecular complexity index is 386. The highest BCUT2D eigenvalue weighted by Gasteiger charge is 2.10.